The van der Waals surface area contributed by atoms with E-state index in [2.05, 4.69) is 26.1 Å². The first-order chi connectivity index (χ1) is 13.7. The number of hydrogen-bond acceptors (Lipinski definition) is 5. The lowest BCUT2D eigenvalue weighted by Gasteiger charge is -2.12. The Bertz CT molecular complexity index is 1020. The van der Waals surface area contributed by atoms with Crippen molar-refractivity contribution in [2.45, 2.75) is 33.1 Å². The minimum absolute atomic E-state index is 0.196. The van der Waals surface area contributed by atoms with E-state index in [4.69, 9.17) is 4.52 Å². The van der Waals surface area contributed by atoms with Gasteiger partial charge in [-0.15, -0.1) is 0 Å². The fraction of sp³-hybridized carbons (Fsp3) is 0.238. The van der Waals surface area contributed by atoms with E-state index in [1.165, 1.54) is 6.20 Å². The zero-order valence-electron chi connectivity index (χ0n) is 16.7. The number of pyridine rings is 1. The molecule has 29 heavy (non-hydrogen) atoms. The molecule has 0 radical (unpaired) electrons. The topological polar surface area (TPSA) is 109 Å². The molecule has 8 nitrogen and oxygen atoms in total. The Kier molecular flexibility index (Phi) is 5.63. The lowest BCUT2D eigenvalue weighted by Crippen LogP contribution is -2.19. The highest BCUT2D eigenvalue weighted by Gasteiger charge is 2.20. The number of aromatic nitrogens is 2. The van der Waals surface area contributed by atoms with E-state index in [9.17, 15) is 9.59 Å². The molecule has 3 amide bonds. The lowest BCUT2D eigenvalue weighted by molar-refractivity contribution is 0.102. The molecular weight excluding hydrogens is 370 g/mol. The smallest absolute Gasteiger partial charge is 0.324 e. The SMILES string of the molecule is Cc1ccncc1C(=O)Nc1ccc(NC(=O)Nc2cc(C(C)(C)C)on2)cc1. The van der Waals surface area contributed by atoms with Crippen LogP contribution in [0.15, 0.2) is 53.3 Å². The molecule has 0 aliphatic heterocycles. The van der Waals surface area contributed by atoms with E-state index in [-0.39, 0.29) is 11.3 Å². The summed E-state index contributed by atoms with van der Waals surface area (Å²) >= 11 is 0. The number of nitrogens with zero attached hydrogens (tertiary/aromatic N) is 2. The molecule has 0 saturated carbocycles. The van der Waals surface area contributed by atoms with Crippen LogP contribution in [0, 0.1) is 6.92 Å². The molecule has 0 unspecified atom stereocenters. The predicted octanol–water partition coefficient (Wildman–Crippen LogP) is 4.57. The molecule has 3 N–H and O–H groups in total. The Labute approximate surface area is 168 Å². The van der Waals surface area contributed by atoms with Crippen molar-refractivity contribution in [1.29, 1.82) is 0 Å². The molecule has 0 bridgehead atoms. The fourth-order valence-electron chi connectivity index (χ4n) is 2.50. The number of carbonyl (C=O) groups excluding carboxylic acids is 2. The molecule has 2 aromatic heterocycles. The number of aryl methyl sites for hydroxylation is 1. The van der Waals surface area contributed by atoms with Gasteiger partial charge in [0.1, 0.15) is 5.76 Å². The Hall–Kier alpha value is -3.68. The van der Waals surface area contributed by atoms with E-state index in [1.54, 1.807) is 42.6 Å². The Morgan fingerprint density at radius 3 is 2.21 bits per heavy atom. The van der Waals surface area contributed by atoms with Crippen molar-refractivity contribution in [2.24, 2.45) is 0 Å². The molecule has 0 atom stereocenters. The molecule has 0 aliphatic rings. The van der Waals surface area contributed by atoms with Crippen molar-refractivity contribution >= 4 is 29.1 Å². The molecule has 150 valence electrons. The van der Waals surface area contributed by atoms with Crippen LogP contribution in [-0.2, 0) is 5.41 Å². The molecular formula is C21H23N5O3. The van der Waals surface area contributed by atoms with Gasteiger partial charge in [-0.2, -0.15) is 0 Å². The van der Waals surface area contributed by atoms with Gasteiger partial charge >= 0.3 is 6.03 Å². The summed E-state index contributed by atoms with van der Waals surface area (Å²) in [6.07, 6.45) is 3.17. The minimum Gasteiger partial charge on any atom is -0.359 e. The largest absolute Gasteiger partial charge is 0.359 e. The zero-order valence-corrected chi connectivity index (χ0v) is 16.7. The summed E-state index contributed by atoms with van der Waals surface area (Å²) in [4.78, 5) is 28.4. The molecule has 2 heterocycles. The van der Waals surface area contributed by atoms with Gasteiger partial charge in [0.15, 0.2) is 5.82 Å². The molecule has 0 saturated heterocycles. The highest BCUT2D eigenvalue weighted by molar-refractivity contribution is 6.05. The van der Waals surface area contributed by atoms with Crippen molar-refractivity contribution in [3.05, 3.63) is 65.7 Å². The summed E-state index contributed by atoms with van der Waals surface area (Å²) in [5.74, 6) is 0.773. The first kappa shape index (κ1) is 20.1. The van der Waals surface area contributed by atoms with Crippen molar-refractivity contribution < 1.29 is 14.1 Å². The average molecular weight is 393 g/mol. The number of amides is 3. The van der Waals surface area contributed by atoms with Gasteiger partial charge in [0.25, 0.3) is 5.91 Å². The third-order valence-corrected chi connectivity index (χ3v) is 4.18. The van der Waals surface area contributed by atoms with E-state index in [1.807, 2.05) is 27.7 Å². The third kappa shape index (κ3) is 5.19. The van der Waals surface area contributed by atoms with E-state index >= 15 is 0 Å². The van der Waals surface area contributed by atoms with Gasteiger partial charge in [-0.1, -0.05) is 25.9 Å². The van der Waals surface area contributed by atoms with E-state index in [0.29, 0.717) is 28.5 Å². The van der Waals surface area contributed by atoms with Gasteiger partial charge in [-0.05, 0) is 42.8 Å². The van der Waals surface area contributed by atoms with Crippen LogP contribution in [0.1, 0.15) is 42.5 Å². The summed E-state index contributed by atoms with van der Waals surface area (Å²) < 4.78 is 5.24. The summed E-state index contributed by atoms with van der Waals surface area (Å²) in [6, 6.07) is 9.81. The monoisotopic (exact) mass is 393 g/mol. The highest BCUT2D eigenvalue weighted by Crippen LogP contribution is 2.24. The van der Waals surface area contributed by atoms with E-state index in [0.717, 1.165) is 5.56 Å². The quantitative estimate of drug-likeness (QED) is 0.601. The van der Waals surface area contributed by atoms with Crippen molar-refractivity contribution in [1.82, 2.24) is 10.1 Å². The van der Waals surface area contributed by atoms with Crippen LogP contribution in [0.4, 0.5) is 22.0 Å². The first-order valence-electron chi connectivity index (χ1n) is 9.09. The van der Waals surface area contributed by atoms with E-state index < -0.39 is 6.03 Å². The summed E-state index contributed by atoms with van der Waals surface area (Å²) in [5, 5.41) is 12.0. The van der Waals surface area contributed by atoms with Gasteiger partial charge in [-0.3, -0.25) is 15.1 Å². The average Bonchev–Trinajstić information content (AvgIpc) is 3.12. The fourth-order valence-corrected chi connectivity index (χ4v) is 2.50. The van der Waals surface area contributed by atoms with Gasteiger partial charge in [-0.25, -0.2) is 4.79 Å². The first-order valence-corrected chi connectivity index (χ1v) is 9.09. The van der Waals surface area contributed by atoms with Crippen LogP contribution in [0.5, 0.6) is 0 Å². The van der Waals surface area contributed by atoms with Crippen molar-refractivity contribution in [2.75, 3.05) is 16.0 Å². The van der Waals surface area contributed by atoms with Crippen LogP contribution < -0.4 is 16.0 Å². The molecule has 0 fully saturated rings. The maximum absolute atomic E-state index is 12.3. The summed E-state index contributed by atoms with van der Waals surface area (Å²) in [5.41, 5.74) is 2.33. The minimum atomic E-state index is -0.443. The van der Waals surface area contributed by atoms with Gasteiger partial charge in [0, 0.05) is 35.2 Å². The van der Waals surface area contributed by atoms with Crippen LogP contribution >= 0.6 is 0 Å². The van der Waals surface area contributed by atoms with Gasteiger partial charge < -0.3 is 15.2 Å². The maximum atomic E-state index is 12.3. The second kappa shape index (κ2) is 8.14. The molecule has 3 rings (SSSR count). The third-order valence-electron chi connectivity index (χ3n) is 4.18. The molecule has 3 aromatic rings. The standard InChI is InChI=1S/C21H23N5O3/c1-13-9-10-22-12-16(13)19(27)23-14-5-7-15(8-6-14)24-20(28)25-18-11-17(29-26-18)21(2,3)4/h5-12H,1-4H3,(H,23,27)(H2,24,25,26,28). The second-order valence-electron chi connectivity index (χ2n) is 7.63. The van der Waals surface area contributed by atoms with Crippen molar-refractivity contribution in [3.63, 3.8) is 0 Å². The second-order valence-corrected chi connectivity index (χ2v) is 7.63. The molecule has 0 spiro atoms. The van der Waals surface area contributed by atoms with Crippen LogP contribution in [0.3, 0.4) is 0 Å². The molecule has 0 aliphatic carbocycles. The Morgan fingerprint density at radius 2 is 1.62 bits per heavy atom. The highest BCUT2D eigenvalue weighted by atomic mass is 16.5. The Morgan fingerprint density at radius 1 is 0.966 bits per heavy atom. The Balaban J connectivity index is 1.57. The van der Waals surface area contributed by atoms with Crippen LogP contribution in [0.25, 0.3) is 0 Å². The summed E-state index contributed by atoms with van der Waals surface area (Å²) in [6.45, 7) is 7.83. The number of anilines is 3. The number of benzene rings is 1. The van der Waals surface area contributed by atoms with Gasteiger partial charge in [0.05, 0.1) is 5.56 Å². The lowest BCUT2D eigenvalue weighted by atomic mass is 9.93. The number of hydrogen-bond donors (Lipinski definition) is 3. The molecule has 1 aromatic carbocycles. The van der Waals surface area contributed by atoms with Crippen LogP contribution in [-0.4, -0.2) is 22.1 Å². The molecule has 8 heteroatoms. The number of nitrogens with one attached hydrogen (secondary N) is 3. The zero-order chi connectivity index (χ0) is 21.0. The maximum Gasteiger partial charge on any atom is 0.324 e. The number of rotatable bonds is 4. The number of carbonyl (C=O) groups is 2. The van der Waals surface area contributed by atoms with Crippen LogP contribution in [0.2, 0.25) is 0 Å². The number of urea groups is 1. The van der Waals surface area contributed by atoms with Crippen molar-refractivity contribution in [3.8, 4) is 0 Å². The summed E-state index contributed by atoms with van der Waals surface area (Å²) in [7, 11) is 0. The van der Waals surface area contributed by atoms with Gasteiger partial charge in [0.2, 0.25) is 0 Å². The normalized spacial score (nSPS) is 11.0. The predicted molar refractivity (Wildman–Crippen MR) is 111 cm³/mol.